The van der Waals surface area contributed by atoms with Gasteiger partial charge in [-0.1, -0.05) is 30.9 Å². The third-order valence-electron chi connectivity index (χ3n) is 3.32. The molecule has 1 aliphatic rings. The zero-order valence-corrected chi connectivity index (χ0v) is 11.2. The molecule has 0 spiro atoms. The topological polar surface area (TPSA) is 107 Å². The van der Waals surface area contributed by atoms with Crippen molar-refractivity contribution in [2.24, 2.45) is 5.92 Å². The van der Waals surface area contributed by atoms with E-state index in [0.29, 0.717) is 12.5 Å². The maximum absolute atomic E-state index is 11.0. The van der Waals surface area contributed by atoms with Crippen LogP contribution in [0.4, 0.5) is 17.5 Å². The summed E-state index contributed by atoms with van der Waals surface area (Å²) in [5, 5.41) is 13.7. The number of nitrogens with zero attached hydrogens (tertiary/aromatic N) is 3. The molecule has 104 valence electrons. The molecule has 7 nitrogen and oxygen atoms in total. The molecule has 0 saturated heterocycles. The molecule has 0 unspecified atom stereocenters. The van der Waals surface area contributed by atoms with Crippen molar-refractivity contribution in [1.82, 2.24) is 9.97 Å². The minimum atomic E-state index is -0.592. The van der Waals surface area contributed by atoms with E-state index in [4.69, 9.17) is 17.3 Å². The van der Waals surface area contributed by atoms with E-state index in [2.05, 4.69) is 15.3 Å². The van der Waals surface area contributed by atoms with Gasteiger partial charge in [0.25, 0.3) is 0 Å². The summed E-state index contributed by atoms with van der Waals surface area (Å²) in [5.74, 6) is 0.554. The predicted molar refractivity (Wildman–Crippen MR) is 73.2 cm³/mol. The number of hydrogen-bond donors (Lipinski definition) is 2. The molecule has 1 aliphatic carbocycles. The fourth-order valence-corrected chi connectivity index (χ4v) is 2.61. The van der Waals surface area contributed by atoms with Crippen molar-refractivity contribution in [2.45, 2.75) is 32.1 Å². The van der Waals surface area contributed by atoms with E-state index >= 15 is 0 Å². The van der Waals surface area contributed by atoms with Crippen LogP contribution in [-0.4, -0.2) is 21.4 Å². The highest BCUT2D eigenvalue weighted by Gasteiger charge is 2.24. The van der Waals surface area contributed by atoms with Crippen LogP contribution in [0.25, 0.3) is 0 Å². The number of anilines is 2. The van der Waals surface area contributed by atoms with E-state index in [0.717, 1.165) is 12.8 Å². The van der Waals surface area contributed by atoms with Crippen LogP contribution in [0.3, 0.4) is 0 Å². The molecule has 0 bridgehead atoms. The van der Waals surface area contributed by atoms with Crippen LogP contribution >= 0.6 is 11.6 Å². The molecule has 0 atom stereocenters. The number of nitrogens with one attached hydrogen (secondary N) is 1. The van der Waals surface area contributed by atoms with E-state index in [9.17, 15) is 10.1 Å². The molecule has 0 amide bonds. The summed E-state index contributed by atoms with van der Waals surface area (Å²) in [6.07, 6.45) is 5.95. The van der Waals surface area contributed by atoms with E-state index in [1.165, 1.54) is 19.3 Å². The first kappa shape index (κ1) is 13.8. The summed E-state index contributed by atoms with van der Waals surface area (Å²) in [6, 6.07) is 0. The lowest BCUT2D eigenvalue weighted by Gasteiger charge is -2.21. The van der Waals surface area contributed by atoms with Gasteiger partial charge >= 0.3 is 5.69 Å². The Morgan fingerprint density at radius 1 is 1.37 bits per heavy atom. The standard InChI is InChI=1S/C11H16ClN5O2/c12-9-8(17(18)19)10(16-11(13)15-9)14-6-7-4-2-1-3-5-7/h7H,1-6H2,(H3,13,14,15,16). The summed E-state index contributed by atoms with van der Waals surface area (Å²) in [4.78, 5) is 17.8. The molecule has 0 radical (unpaired) electrons. The zero-order valence-electron chi connectivity index (χ0n) is 10.4. The minimum absolute atomic E-state index is 0.0678. The van der Waals surface area contributed by atoms with Crippen molar-refractivity contribution in [2.75, 3.05) is 17.6 Å². The van der Waals surface area contributed by atoms with Crippen LogP contribution in [0.2, 0.25) is 5.15 Å². The molecular formula is C11H16ClN5O2. The van der Waals surface area contributed by atoms with Gasteiger partial charge in [-0.2, -0.15) is 9.97 Å². The van der Waals surface area contributed by atoms with Crippen molar-refractivity contribution >= 4 is 29.1 Å². The monoisotopic (exact) mass is 285 g/mol. The number of aromatic nitrogens is 2. The van der Waals surface area contributed by atoms with Gasteiger partial charge in [0.05, 0.1) is 4.92 Å². The lowest BCUT2D eigenvalue weighted by molar-refractivity contribution is -0.384. The van der Waals surface area contributed by atoms with Gasteiger partial charge in [0.1, 0.15) is 0 Å². The predicted octanol–water partition coefficient (Wildman–Crippen LogP) is 2.61. The number of rotatable bonds is 4. The Balaban J connectivity index is 2.12. The van der Waals surface area contributed by atoms with Gasteiger partial charge in [-0.3, -0.25) is 10.1 Å². The van der Waals surface area contributed by atoms with Gasteiger partial charge in [-0.25, -0.2) is 0 Å². The fourth-order valence-electron chi connectivity index (χ4n) is 2.36. The van der Waals surface area contributed by atoms with Crippen LogP contribution < -0.4 is 11.1 Å². The molecule has 8 heteroatoms. The van der Waals surface area contributed by atoms with Gasteiger partial charge < -0.3 is 11.1 Å². The maximum Gasteiger partial charge on any atom is 0.348 e. The second kappa shape index (κ2) is 6.01. The summed E-state index contributed by atoms with van der Waals surface area (Å²) in [5.41, 5.74) is 5.15. The van der Waals surface area contributed by atoms with Crippen LogP contribution in [-0.2, 0) is 0 Å². The van der Waals surface area contributed by atoms with Gasteiger partial charge in [-0.05, 0) is 18.8 Å². The average molecular weight is 286 g/mol. The Morgan fingerprint density at radius 2 is 2.05 bits per heavy atom. The molecule has 0 aromatic carbocycles. The molecule has 2 rings (SSSR count). The molecular weight excluding hydrogens is 270 g/mol. The van der Waals surface area contributed by atoms with Gasteiger partial charge in [0.15, 0.2) is 0 Å². The fraction of sp³-hybridized carbons (Fsp3) is 0.636. The van der Waals surface area contributed by atoms with E-state index < -0.39 is 4.92 Å². The van der Waals surface area contributed by atoms with Crippen molar-refractivity contribution in [3.63, 3.8) is 0 Å². The van der Waals surface area contributed by atoms with E-state index in [1.807, 2.05) is 0 Å². The Labute approximate surface area is 115 Å². The van der Waals surface area contributed by atoms with Crippen molar-refractivity contribution in [3.05, 3.63) is 15.3 Å². The van der Waals surface area contributed by atoms with Crippen LogP contribution in [0, 0.1) is 16.0 Å². The van der Waals surface area contributed by atoms with Crippen molar-refractivity contribution in [3.8, 4) is 0 Å². The lowest BCUT2D eigenvalue weighted by Crippen LogP contribution is -2.19. The minimum Gasteiger partial charge on any atom is -0.368 e. The average Bonchev–Trinajstić information content (AvgIpc) is 2.36. The smallest absolute Gasteiger partial charge is 0.348 e. The Bertz CT molecular complexity index is 476. The normalized spacial score (nSPS) is 16.3. The molecule has 1 aromatic rings. The molecule has 3 N–H and O–H groups in total. The lowest BCUT2D eigenvalue weighted by atomic mass is 9.89. The Morgan fingerprint density at radius 3 is 2.68 bits per heavy atom. The van der Waals surface area contributed by atoms with Crippen LogP contribution in [0.15, 0.2) is 0 Å². The SMILES string of the molecule is Nc1nc(Cl)c([N+](=O)[O-])c(NCC2CCCCC2)n1. The van der Waals surface area contributed by atoms with E-state index in [1.54, 1.807) is 0 Å². The third-order valence-corrected chi connectivity index (χ3v) is 3.59. The van der Waals surface area contributed by atoms with Gasteiger partial charge in [0.2, 0.25) is 16.9 Å². The highest BCUT2D eigenvalue weighted by atomic mass is 35.5. The maximum atomic E-state index is 11.0. The second-order valence-electron chi connectivity index (χ2n) is 4.71. The first-order valence-corrected chi connectivity index (χ1v) is 6.67. The van der Waals surface area contributed by atoms with Gasteiger partial charge in [-0.15, -0.1) is 0 Å². The van der Waals surface area contributed by atoms with Crippen molar-refractivity contribution < 1.29 is 4.92 Å². The molecule has 19 heavy (non-hydrogen) atoms. The second-order valence-corrected chi connectivity index (χ2v) is 5.07. The van der Waals surface area contributed by atoms with Crippen LogP contribution in [0.5, 0.6) is 0 Å². The third kappa shape index (κ3) is 3.44. The number of nitrogen functional groups attached to an aromatic ring is 1. The summed E-state index contributed by atoms with van der Waals surface area (Å²) < 4.78 is 0. The quantitative estimate of drug-likeness (QED) is 0.500. The summed E-state index contributed by atoms with van der Waals surface area (Å²) >= 11 is 5.74. The first-order valence-electron chi connectivity index (χ1n) is 6.29. The Hall–Kier alpha value is -1.63. The molecule has 1 saturated carbocycles. The zero-order chi connectivity index (χ0) is 13.8. The highest BCUT2D eigenvalue weighted by molar-refractivity contribution is 6.32. The van der Waals surface area contributed by atoms with Gasteiger partial charge in [0, 0.05) is 6.54 Å². The number of hydrogen-bond acceptors (Lipinski definition) is 6. The number of halogens is 1. The first-order chi connectivity index (χ1) is 9.08. The molecule has 1 heterocycles. The van der Waals surface area contributed by atoms with E-state index in [-0.39, 0.29) is 22.6 Å². The number of nitrogens with two attached hydrogens (primary N) is 1. The molecule has 0 aliphatic heterocycles. The summed E-state index contributed by atoms with van der Waals surface area (Å²) in [7, 11) is 0. The summed E-state index contributed by atoms with van der Waals surface area (Å²) in [6.45, 7) is 0.646. The van der Waals surface area contributed by atoms with Crippen LogP contribution in [0.1, 0.15) is 32.1 Å². The largest absolute Gasteiger partial charge is 0.368 e. The van der Waals surface area contributed by atoms with Crippen molar-refractivity contribution in [1.29, 1.82) is 0 Å². The Kier molecular flexibility index (Phi) is 4.36. The molecule has 1 aromatic heterocycles. The number of nitro groups is 1. The molecule has 1 fully saturated rings. The highest BCUT2D eigenvalue weighted by Crippen LogP contribution is 2.31.